The van der Waals surface area contributed by atoms with Gasteiger partial charge in [0.05, 0.1) is 36.8 Å². The number of carbonyl (C=O) groups excluding carboxylic acids is 1. The van der Waals surface area contributed by atoms with Gasteiger partial charge in [-0.1, -0.05) is 53.6 Å². The number of halogens is 1. The monoisotopic (exact) mass is 545 g/mol. The first-order valence-corrected chi connectivity index (χ1v) is 14.5. The molecule has 3 aromatic rings. The SMILES string of the molecule is NC(=O)CC[N+](CCNCCc1ccc(O)c2[nH]c(=O)sc12)(CCc1ccccc1Cl)C1CCCCC1. The maximum atomic E-state index is 11.9. The minimum Gasteiger partial charge on any atom is -0.506 e. The summed E-state index contributed by atoms with van der Waals surface area (Å²) < 4.78 is 1.70. The fourth-order valence-electron chi connectivity index (χ4n) is 5.81. The Balaban J connectivity index is 1.44. The van der Waals surface area contributed by atoms with Gasteiger partial charge in [-0.25, -0.2) is 0 Å². The summed E-state index contributed by atoms with van der Waals surface area (Å²) in [5, 5.41) is 14.5. The van der Waals surface area contributed by atoms with Crippen LogP contribution < -0.4 is 15.9 Å². The van der Waals surface area contributed by atoms with Gasteiger partial charge in [-0.2, -0.15) is 0 Å². The minimum absolute atomic E-state index is 0.104. The number of phenolic OH excluding ortho intramolecular Hbond substituents is 1. The van der Waals surface area contributed by atoms with Gasteiger partial charge in [0.1, 0.15) is 11.3 Å². The van der Waals surface area contributed by atoms with Gasteiger partial charge in [0.25, 0.3) is 0 Å². The van der Waals surface area contributed by atoms with E-state index in [1.165, 1.54) is 32.1 Å². The number of amides is 1. The van der Waals surface area contributed by atoms with E-state index >= 15 is 0 Å². The number of H-pyrrole nitrogens is 1. The number of nitrogens with two attached hydrogens (primary N) is 1. The van der Waals surface area contributed by atoms with Gasteiger partial charge >= 0.3 is 4.87 Å². The Morgan fingerprint density at radius 2 is 1.84 bits per heavy atom. The molecule has 1 heterocycles. The van der Waals surface area contributed by atoms with E-state index in [4.69, 9.17) is 17.3 Å². The molecule has 5 N–H and O–H groups in total. The van der Waals surface area contributed by atoms with E-state index in [2.05, 4.69) is 16.4 Å². The molecule has 7 nitrogen and oxygen atoms in total. The fourth-order valence-corrected chi connectivity index (χ4v) is 6.94. The molecular weight excluding hydrogens is 508 g/mol. The van der Waals surface area contributed by atoms with Crippen LogP contribution in [-0.4, -0.2) is 59.2 Å². The number of hydrogen-bond donors (Lipinski definition) is 4. The molecule has 1 fully saturated rings. The third-order valence-electron chi connectivity index (χ3n) is 7.88. The van der Waals surface area contributed by atoms with E-state index < -0.39 is 0 Å². The lowest BCUT2D eigenvalue weighted by Gasteiger charge is -2.47. The third kappa shape index (κ3) is 7.13. The van der Waals surface area contributed by atoms with Crippen molar-refractivity contribution in [2.24, 2.45) is 5.73 Å². The number of aromatic amines is 1. The van der Waals surface area contributed by atoms with Crippen LogP contribution in [0.15, 0.2) is 41.2 Å². The number of carbonyl (C=O) groups is 1. The van der Waals surface area contributed by atoms with Gasteiger partial charge in [0, 0.05) is 18.0 Å². The lowest BCUT2D eigenvalue weighted by molar-refractivity contribution is -0.950. The normalized spacial score (nSPS) is 16.1. The highest BCUT2D eigenvalue weighted by Crippen LogP contribution is 2.31. The third-order valence-corrected chi connectivity index (χ3v) is 9.21. The number of nitrogens with one attached hydrogen (secondary N) is 2. The standard InChI is InChI=1S/C28H37ClN4O3S/c29-23-9-5-4-6-20(23)13-17-33(18-14-25(30)35,22-7-2-1-3-8-22)19-16-31-15-12-21-10-11-24(34)26-27(21)37-28(36)32-26/h4-6,9-11,22,31H,1-3,7-8,12-19H2,(H3-,30,32,34,35,36)/p+1. The number of aromatic nitrogens is 1. The number of benzene rings is 2. The summed E-state index contributed by atoms with van der Waals surface area (Å²) in [6.45, 7) is 4.19. The van der Waals surface area contributed by atoms with Crippen molar-refractivity contribution in [2.45, 2.75) is 57.4 Å². The van der Waals surface area contributed by atoms with Crippen molar-refractivity contribution >= 4 is 39.1 Å². The maximum Gasteiger partial charge on any atom is 0.305 e. The molecule has 1 aliphatic carbocycles. The van der Waals surface area contributed by atoms with Crippen LogP contribution in [0.2, 0.25) is 5.02 Å². The van der Waals surface area contributed by atoms with Crippen LogP contribution in [0.4, 0.5) is 0 Å². The van der Waals surface area contributed by atoms with Crippen molar-refractivity contribution in [3.8, 4) is 5.75 Å². The molecule has 1 amide bonds. The molecule has 0 radical (unpaired) electrons. The molecular formula is C28H38ClN4O3S+. The molecule has 9 heteroatoms. The highest BCUT2D eigenvalue weighted by Gasteiger charge is 2.37. The molecule has 4 rings (SSSR count). The van der Waals surface area contributed by atoms with E-state index in [1.54, 1.807) is 6.07 Å². The molecule has 0 bridgehead atoms. The van der Waals surface area contributed by atoms with Crippen molar-refractivity contribution in [3.63, 3.8) is 0 Å². The number of aromatic hydroxyl groups is 1. The fraction of sp³-hybridized carbons (Fsp3) is 0.500. The zero-order valence-corrected chi connectivity index (χ0v) is 22.9. The van der Waals surface area contributed by atoms with Gasteiger partial charge in [-0.05, 0) is 61.9 Å². The van der Waals surface area contributed by atoms with Gasteiger partial charge in [-0.3, -0.25) is 9.59 Å². The molecule has 1 unspecified atom stereocenters. The Kier molecular flexibility index (Phi) is 9.65. The minimum atomic E-state index is -0.245. The first-order valence-electron chi connectivity index (χ1n) is 13.3. The highest BCUT2D eigenvalue weighted by molar-refractivity contribution is 7.16. The number of rotatable bonds is 13. The Hall–Kier alpha value is -2.39. The molecule has 200 valence electrons. The van der Waals surface area contributed by atoms with Gasteiger partial charge in [0.15, 0.2) is 0 Å². The second kappa shape index (κ2) is 12.9. The predicted molar refractivity (Wildman–Crippen MR) is 151 cm³/mol. The number of primary amides is 1. The number of phenols is 1. The topological polar surface area (TPSA) is 108 Å². The summed E-state index contributed by atoms with van der Waals surface area (Å²) in [5.41, 5.74) is 8.35. The number of hydrogen-bond acceptors (Lipinski definition) is 5. The van der Waals surface area contributed by atoms with Crippen LogP contribution in [0.1, 0.15) is 49.7 Å². The molecule has 1 atom stereocenters. The average molecular weight is 546 g/mol. The maximum absolute atomic E-state index is 11.9. The van der Waals surface area contributed by atoms with Gasteiger partial charge in [-0.15, -0.1) is 0 Å². The van der Waals surface area contributed by atoms with E-state index in [-0.39, 0.29) is 16.5 Å². The number of quaternary nitrogens is 1. The van der Waals surface area contributed by atoms with Crippen LogP contribution in [-0.2, 0) is 17.6 Å². The first kappa shape index (κ1) is 27.6. The summed E-state index contributed by atoms with van der Waals surface area (Å²) in [6, 6.07) is 12.1. The van der Waals surface area contributed by atoms with Crippen molar-refractivity contribution in [1.82, 2.24) is 10.3 Å². The Bertz CT molecular complexity index is 1250. The zero-order valence-electron chi connectivity index (χ0n) is 21.3. The van der Waals surface area contributed by atoms with E-state index in [0.29, 0.717) is 18.0 Å². The largest absolute Gasteiger partial charge is 0.506 e. The average Bonchev–Trinajstić information content (AvgIpc) is 3.30. The molecule has 0 spiro atoms. The lowest BCUT2D eigenvalue weighted by Crippen LogP contribution is -2.60. The number of thiazole rings is 1. The summed E-state index contributed by atoms with van der Waals surface area (Å²) in [7, 11) is 0. The molecule has 1 saturated carbocycles. The molecule has 0 aliphatic heterocycles. The second-order valence-electron chi connectivity index (χ2n) is 10.2. The van der Waals surface area contributed by atoms with Crippen molar-refractivity contribution in [1.29, 1.82) is 0 Å². The van der Waals surface area contributed by atoms with Crippen LogP contribution >= 0.6 is 22.9 Å². The highest BCUT2D eigenvalue weighted by atomic mass is 35.5. The number of fused-ring (bicyclic) bond motifs is 1. The van der Waals surface area contributed by atoms with E-state index in [1.807, 2.05) is 24.3 Å². The first-order chi connectivity index (χ1) is 17.9. The molecule has 0 saturated heterocycles. The lowest BCUT2D eigenvalue weighted by atomic mass is 9.91. The number of nitrogens with zero attached hydrogens (tertiary/aromatic N) is 1. The molecule has 37 heavy (non-hydrogen) atoms. The summed E-state index contributed by atoms with van der Waals surface area (Å²) in [4.78, 5) is 26.2. The van der Waals surface area contributed by atoms with Crippen LogP contribution in [0.3, 0.4) is 0 Å². The van der Waals surface area contributed by atoms with Gasteiger partial charge in [0.2, 0.25) is 5.91 Å². The van der Waals surface area contributed by atoms with Crippen LogP contribution in [0, 0.1) is 0 Å². The summed E-state index contributed by atoms with van der Waals surface area (Å²) >= 11 is 7.63. The molecule has 1 aliphatic rings. The Morgan fingerprint density at radius 1 is 1.05 bits per heavy atom. The molecule has 2 aromatic carbocycles. The van der Waals surface area contributed by atoms with Crippen molar-refractivity contribution < 1.29 is 14.4 Å². The zero-order chi connectivity index (χ0) is 26.3. The van der Waals surface area contributed by atoms with Crippen molar-refractivity contribution in [2.75, 3.05) is 32.7 Å². The van der Waals surface area contributed by atoms with Crippen LogP contribution in [0.25, 0.3) is 10.2 Å². The predicted octanol–water partition coefficient (Wildman–Crippen LogP) is 4.35. The van der Waals surface area contributed by atoms with Crippen molar-refractivity contribution in [3.05, 3.63) is 62.2 Å². The summed E-state index contributed by atoms with van der Waals surface area (Å²) in [6.07, 6.45) is 8.12. The summed E-state index contributed by atoms with van der Waals surface area (Å²) in [5.74, 6) is -0.140. The Labute approximate surface area is 227 Å². The Morgan fingerprint density at radius 3 is 2.59 bits per heavy atom. The second-order valence-corrected chi connectivity index (χ2v) is 11.6. The quantitative estimate of drug-likeness (QED) is 0.189. The van der Waals surface area contributed by atoms with Gasteiger partial charge < -0.3 is 25.6 Å². The van der Waals surface area contributed by atoms with E-state index in [0.717, 1.165) is 82.2 Å². The van der Waals surface area contributed by atoms with E-state index in [9.17, 15) is 14.7 Å². The van der Waals surface area contributed by atoms with Crippen LogP contribution in [0.5, 0.6) is 5.75 Å². The molecule has 1 aromatic heterocycles. The smallest absolute Gasteiger partial charge is 0.305 e.